The number of imide groups is 1. The molecule has 0 spiro atoms. The predicted octanol–water partition coefficient (Wildman–Crippen LogP) is -0.0108. The SMILES string of the molecule is COC1CN(C(=O)NC(=O)C(C)=C(C)C(=O)O)CC1OC. The standard InChI is InChI=1S/C13H20N2O6/c1-7(8(2)12(17)18)11(16)14-13(19)15-5-9(20-3)10(6-15)21-4/h9-10H,5-6H2,1-4H3,(H,17,18)(H,14,16,19). The summed E-state index contributed by atoms with van der Waals surface area (Å²) >= 11 is 0. The van der Waals surface area contributed by atoms with E-state index in [1.165, 1.54) is 33.0 Å². The van der Waals surface area contributed by atoms with Crippen molar-refractivity contribution in [2.24, 2.45) is 0 Å². The maximum absolute atomic E-state index is 12.0. The van der Waals surface area contributed by atoms with Crippen molar-refractivity contribution in [3.63, 3.8) is 0 Å². The molecule has 2 N–H and O–H groups in total. The highest BCUT2D eigenvalue weighted by Gasteiger charge is 2.36. The maximum atomic E-state index is 12.0. The average Bonchev–Trinajstić information content (AvgIpc) is 2.88. The van der Waals surface area contributed by atoms with Crippen LogP contribution in [0.4, 0.5) is 4.79 Å². The molecule has 21 heavy (non-hydrogen) atoms. The minimum Gasteiger partial charge on any atom is -0.478 e. The van der Waals surface area contributed by atoms with Gasteiger partial charge in [0.1, 0.15) is 12.2 Å². The van der Waals surface area contributed by atoms with E-state index in [9.17, 15) is 14.4 Å². The third-order valence-electron chi connectivity index (χ3n) is 3.55. The Balaban J connectivity index is 2.68. The summed E-state index contributed by atoms with van der Waals surface area (Å²) in [6.07, 6.45) is -0.513. The van der Waals surface area contributed by atoms with Gasteiger partial charge in [-0.15, -0.1) is 0 Å². The second-order valence-corrected chi connectivity index (χ2v) is 4.77. The number of urea groups is 1. The largest absolute Gasteiger partial charge is 0.478 e. The van der Waals surface area contributed by atoms with Gasteiger partial charge in [0.15, 0.2) is 0 Å². The summed E-state index contributed by atoms with van der Waals surface area (Å²) in [4.78, 5) is 36.0. The van der Waals surface area contributed by atoms with Gasteiger partial charge in [0.25, 0.3) is 5.91 Å². The Labute approximate surface area is 122 Å². The van der Waals surface area contributed by atoms with Crippen LogP contribution in [0.1, 0.15) is 13.8 Å². The summed E-state index contributed by atoms with van der Waals surface area (Å²) in [6.45, 7) is 3.26. The fourth-order valence-electron chi connectivity index (χ4n) is 1.96. The molecular formula is C13H20N2O6. The number of ether oxygens (including phenoxy) is 2. The van der Waals surface area contributed by atoms with Gasteiger partial charge in [-0.05, 0) is 13.8 Å². The van der Waals surface area contributed by atoms with Crippen molar-refractivity contribution in [3.05, 3.63) is 11.1 Å². The molecular weight excluding hydrogens is 280 g/mol. The van der Waals surface area contributed by atoms with E-state index in [1.807, 2.05) is 0 Å². The first kappa shape index (κ1) is 17.1. The molecule has 2 unspecified atom stereocenters. The highest BCUT2D eigenvalue weighted by atomic mass is 16.5. The molecule has 0 aliphatic carbocycles. The Bertz CT molecular complexity index is 461. The lowest BCUT2D eigenvalue weighted by Gasteiger charge is -2.16. The van der Waals surface area contributed by atoms with Crippen LogP contribution in [0.5, 0.6) is 0 Å². The van der Waals surface area contributed by atoms with E-state index in [2.05, 4.69) is 5.32 Å². The van der Waals surface area contributed by atoms with Gasteiger partial charge in [0.05, 0.1) is 13.1 Å². The van der Waals surface area contributed by atoms with Gasteiger partial charge in [0, 0.05) is 25.4 Å². The van der Waals surface area contributed by atoms with Gasteiger partial charge in [-0.1, -0.05) is 0 Å². The zero-order chi connectivity index (χ0) is 16.2. The molecule has 1 aliphatic rings. The number of nitrogens with one attached hydrogen (secondary N) is 1. The second kappa shape index (κ2) is 7.19. The topological polar surface area (TPSA) is 105 Å². The number of carboxylic acid groups (broad SMARTS) is 1. The molecule has 0 bridgehead atoms. The minimum absolute atomic E-state index is 0.0124. The molecule has 2 atom stereocenters. The van der Waals surface area contributed by atoms with Gasteiger partial charge < -0.3 is 19.5 Å². The Kier molecular flexibility index (Phi) is 5.86. The number of rotatable bonds is 4. The lowest BCUT2D eigenvalue weighted by atomic mass is 10.1. The van der Waals surface area contributed by atoms with Crippen LogP contribution in [0.25, 0.3) is 0 Å². The summed E-state index contributed by atoms with van der Waals surface area (Å²) in [5.41, 5.74) is -0.118. The van der Waals surface area contributed by atoms with E-state index in [1.54, 1.807) is 0 Å². The number of hydrogen-bond acceptors (Lipinski definition) is 5. The lowest BCUT2D eigenvalue weighted by molar-refractivity contribution is -0.133. The number of carbonyl (C=O) groups excluding carboxylic acids is 2. The average molecular weight is 300 g/mol. The fourth-order valence-corrected chi connectivity index (χ4v) is 1.96. The number of likely N-dealkylation sites (tertiary alicyclic amines) is 1. The van der Waals surface area contributed by atoms with E-state index < -0.39 is 17.9 Å². The van der Waals surface area contributed by atoms with Crippen molar-refractivity contribution in [3.8, 4) is 0 Å². The lowest BCUT2D eigenvalue weighted by Crippen LogP contribution is -2.42. The number of hydrogen-bond donors (Lipinski definition) is 2. The molecule has 0 aromatic rings. The van der Waals surface area contributed by atoms with Gasteiger partial charge in [-0.25, -0.2) is 9.59 Å². The molecule has 3 amide bonds. The molecule has 8 nitrogen and oxygen atoms in total. The van der Waals surface area contributed by atoms with Crippen molar-refractivity contribution in [1.82, 2.24) is 10.2 Å². The van der Waals surface area contributed by atoms with Gasteiger partial charge >= 0.3 is 12.0 Å². The molecule has 1 aliphatic heterocycles. The van der Waals surface area contributed by atoms with E-state index in [-0.39, 0.29) is 23.4 Å². The zero-order valence-electron chi connectivity index (χ0n) is 12.5. The quantitative estimate of drug-likeness (QED) is 0.707. The number of aliphatic carboxylic acids is 1. The maximum Gasteiger partial charge on any atom is 0.331 e. The van der Waals surface area contributed by atoms with Gasteiger partial charge in [-0.3, -0.25) is 10.1 Å². The van der Waals surface area contributed by atoms with Gasteiger partial charge in [-0.2, -0.15) is 0 Å². The molecule has 0 aromatic carbocycles. The Morgan fingerprint density at radius 2 is 1.52 bits per heavy atom. The first-order valence-corrected chi connectivity index (χ1v) is 6.38. The summed E-state index contributed by atoms with van der Waals surface area (Å²) in [7, 11) is 3.04. The third-order valence-corrected chi connectivity index (χ3v) is 3.55. The summed E-state index contributed by atoms with van der Waals surface area (Å²) in [5.74, 6) is -1.93. The van der Waals surface area contributed by atoms with E-state index in [0.29, 0.717) is 13.1 Å². The predicted molar refractivity (Wildman–Crippen MR) is 72.7 cm³/mol. The Morgan fingerprint density at radius 1 is 1.05 bits per heavy atom. The van der Waals surface area contributed by atoms with Crippen LogP contribution in [0.2, 0.25) is 0 Å². The van der Waals surface area contributed by atoms with Crippen molar-refractivity contribution in [1.29, 1.82) is 0 Å². The smallest absolute Gasteiger partial charge is 0.331 e. The Morgan fingerprint density at radius 3 is 1.90 bits per heavy atom. The summed E-state index contributed by atoms with van der Waals surface area (Å²) in [6, 6.07) is -0.598. The van der Waals surface area contributed by atoms with Crippen LogP contribution in [0.3, 0.4) is 0 Å². The van der Waals surface area contributed by atoms with Crippen molar-refractivity contribution in [2.75, 3.05) is 27.3 Å². The number of nitrogens with zero attached hydrogens (tertiary/aromatic N) is 1. The first-order valence-electron chi connectivity index (χ1n) is 6.38. The van der Waals surface area contributed by atoms with E-state index >= 15 is 0 Å². The number of methoxy groups -OCH3 is 2. The van der Waals surface area contributed by atoms with Crippen molar-refractivity contribution < 1.29 is 29.0 Å². The van der Waals surface area contributed by atoms with Gasteiger partial charge in [0.2, 0.25) is 0 Å². The van der Waals surface area contributed by atoms with Crippen LogP contribution < -0.4 is 5.32 Å². The Hall–Kier alpha value is -1.93. The molecule has 1 rings (SSSR count). The highest BCUT2D eigenvalue weighted by Crippen LogP contribution is 2.15. The minimum atomic E-state index is -1.20. The van der Waals surface area contributed by atoms with E-state index in [4.69, 9.17) is 14.6 Å². The molecule has 0 radical (unpaired) electrons. The molecule has 1 fully saturated rings. The van der Waals surface area contributed by atoms with Crippen LogP contribution in [0.15, 0.2) is 11.1 Å². The van der Waals surface area contributed by atoms with Crippen LogP contribution in [0, 0.1) is 0 Å². The van der Waals surface area contributed by atoms with E-state index in [0.717, 1.165) is 0 Å². The molecule has 0 saturated carbocycles. The monoisotopic (exact) mass is 300 g/mol. The molecule has 0 aromatic heterocycles. The summed E-state index contributed by atoms with van der Waals surface area (Å²) < 4.78 is 10.4. The first-order chi connectivity index (χ1) is 9.81. The van der Waals surface area contributed by atoms with Crippen LogP contribution in [-0.2, 0) is 19.1 Å². The van der Waals surface area contributed by atoms with Crippen LogP contribution >= 0.6 is 0 Å². The number of carboxylic acids is 1. The molecule has 1 heterocycles. The highest BCUT2D eigenvalue weighted by molar-refractivity contribution is 6.07. The number of carbonyl (C=O) groups is 3. The molecule has 1 saturated heterocycles. The van der Waals surface area contributed by atoms with Crippen molar-refractivity contribution >= 4 is 17.9 Å². The summed E-state index contributed by atoms with van der Waals surface area (Å²) in [5, 5.41) is 11.0. The molecule has 8 heteroatoms. The zero-order valence-corrected chi connectivity index (χ0v) is 12.5. The van der Waals surface area contributed by atoms with Crippen LogP contribution in [-0.4, -0.2) is 67.4 Å². The fraction of sp³-hybridized carbons (Fsp3) is 0.615. The number of amides is 3. The second-order valence-electron chi connectivity index (χ2n) is 4.77. The normalized spacial score (nSPS) is 22.8. The van der Waals surface area contributed by atoms with Crippen molar-refractivity contribution in [2.45, 2.75) is 26.1 Å². The third kappa shape index (κ3) is 4.02. The molecule has 118 valence electrons.